The summed E-state index contributed by atoms with van der Waals surface area (Å²) in [5.74, 6) is 1.60. The quantitative estimate of drug-likeness (QED) is 0.860. The van der Waals surface area contributed by atoms with Crippen LogP contribution in [0, 0.1) is 5.92 Å². The third-order valence-corrected chi connectivity index (χ3v) is 4.49. The molecular formula is C16H24N2. The van der Waals surface area contributed by atoms with E-state index in [9.17, 15) is 0 Å². The van der Waals surface area contributed by atoms with Gasteiger partial charge in [0.1, 0.15) is 0 Å². The molecule has 1 aromatic rings. The Labute approximate surface area is 110 Å². The van der Waals surface area contributed by atoms with Gasteiger partial charge < -0.3 is 5.32 Å². The molecule has 2 aliphatic rings. The zero-order valence-electron chi connectivity index (χ0n) is 11.4. The van der Waals surface area contributed by atoms with Crippen LogP contribution in [0.1, 0.15) is 36.8 Å². The molecule has 18 heavy (non-hydrogen) atoms. The first-order chi connectivity index (χ1) is 8.83. The minimum atomic E-state index is 0.691. The van der Waals surface area contributed by atoms with Gasteiger partial charge in [-0.15, -0.1) is 0 Å². The van der Waals surface area contributed by atoms with E-state index in [-0.39, 0.29) is 0 Å². The molecule has 0 saturated carbocycles. The van der Waals surface area contributed by atoms with Gasteiger partial charge in [-0.2, -0.15) is 0 Å². The maximum absolute atomic E-state index is 3.46. The number of piperidine rings is 1. The van der Waals surface area contributed by atoms with Gasteiger partial charge in [0.2, 0.25) is 0 Å². The lowest BCUT2D eigenvalue weighted by Crippen LogP contribution is -2.39. The van der Waals surface area contributed by atoms with E-state index in [1.54, 1.807) is 11.1 Å². The molecule has 1 aromatic carbocycles. The average molecular weight is 244 g/mol. The Balaban J connectivity index is 1.66. The molecule has 2 heterocycles. The van der Waals surface area contributed by atoms with Crippen LogP contribution in [0.5, 0.6) is 0 Å². The van der Waals surface area contributed by atoms with Crippen molar-refractivity contribution in [3.63, 3.8) is 0 Å². The molecule has 2 heteroatoms. The molecule has 1 atom stereocenters. The Hall–Kier alpha value is -0.860. The van der Waals surface area contributed by atoms with Crippen molar-refractivity contribution in [3.05, 3.63) is 35.4 Å². The summed E-state index contributed by atoms with van der Waals surface area (Å²) in [5, 5.41) is 3.46. The Morgan fingerprint density at radius 3 is 2.83 bits per heavy atom. The van der Waals surface area contributed by atoms with E-state index >= 15 is 0 Å². The van der Waals surface area contributed by atoms with Crippen molar-refractivity contribution in [2.45, 2.75) is 32.2 Å². The van der Waals surface area contributed by atoms with Crippen molar-refractivity contribution >= 4 is 0 Å². The van der Waals surface area contributed by atoms with Crippen LogP contribution < -0.4 is 5.32 Å². The predicted octanol–water partition coefficient (Wildman–Crippen LogP) is 2.61. The molecular weight excluding hydrogens is 220 g/mol. The fourth-order valence-electron chi connectivity index (χ4n) is 3.52. The summed E-state index contributed by atoms with van der Waals surface area (Å²) < 4.78 is 0. The summed E-state index contributed by atoms with van der Waals surface area (Å²) in [4.78, 5) is 2.67. The number of nitrogens with zero attached hydrogens (tertiary/aromatic N) is 1. The highest BCUT2D eigenvalue weighted by molar-refractivity contribution is 5.32. The summed E-state index contributed by atoms with van der Waals surface area (Å²) in [6.07, 6.45) is 2.71. The fourth-order valence-corrected chi connectivity index (χ4v) is 3.52. The number of rotatable bonds is 2. The topological polar surface area (TPSA) is 15.3 Å². The molecule has 0 radical (unpaired) electrons. The van der Waals surface area contributed by atoms with Crippen LogP contribution in [-0.2, 0) is 6.54 Å². The SMILES string of the molecule is CC1CN(CC2CCNCC2)Cc2ccccc21. The van der Waals surface area contributed by atoms with E-state index in [0.29, 0.717) is 5.92 Å². The average Bonchev–Trinajstić information content (AvgIpc) is 2.40. The zero-order chi connectivity index (χ0) is 12.4. The first-order valence-corrected chi connectivity index (χ1v) is 7.34. The number of hydrogen-bond donors (Lipinski definition) is 1. The molecule has 98 valence electrons. The lowest BCUT2D eigenvalue weighted by molar-refractivity contribution is 0.180. The fraction of sp³-hybridized carbons (Fsp3) is 0.625. The van der Waals surface area contributed by atoms with Crippen LogP contribution in [0.2, 0.25) is 0 Å². The van der Waals surface area contributed by atoms with Gasteiger partial charge in [0.05, 0.1) is 0 Å². The second-order valence-corrected chi connectivity index (χ2v) is 5.99. The molecule has 3 rings (SSSR count). The highest BCUT2D eigenvalue weighted by Crippen LogP contribution is 2.28. The standard InChI is InChI=1S/C16H24N2/c1-13-10-18(11-14-6-8-17-9-7-14)12-15-4-2-3-5-16(13)15/h2-5,13-14,17H,6-12H2,1H3. The van der Waals surface area contributed by atoms with Gasteiger partial charge >= 0.3 is 0 Å². The van der Waals surface area contributed by atoms with Crippen molar-refractivity contribution in [1.29, 1.82) is 0 Å². The van der Waals surface area contributed by atoms with Crippen molar-refractivity contribution in [1.82, 2.24) is 10.2 Å². The van der Waals surface area contributed by atoms with Crippen LogP contribution >= 0.6 is 0 Å². The minimum absolute atomic E-state index is 0.691. The first kappa shape index (κ1) is 12.2. The summed E-state index contributed by atoms with van der Waals surface area (Å²) in [6.45, 7) is 8.48. The molecule has 0 spiro atoms. The molecule has 0 bridgehead atoms. The van der Waals surface area contributed by atoms with Crippen molar-refractivity contribution in [3.8, 4) is 0 Å². The van der Waals surface area contributed by atoms with E-state index in [2.05, 4.69) is 41.4 Å². The predicted molar refractivity (Wildman–Crippen MR) is 75.7 cm³/mol. The monoisotopic (exact) mass is 244 g/mol. The Morgan fingerprint density at radius 1 is 1.22 bits per heavy atom. The van der Waals surface area contributed by atoms with Crippen LogP contribution in [0.15, 0.2) is 24.3 Å². The van der Waals surface area contributed by atoms with E-state index in [4.69, 9.17) is 0 Å². The number of benzene rings is 1. The molecule has 1 N–H and O–H groups in total. The summed E-state index contributed by atoms with van der Waals surface area (Å²) in [5.41, 5.74) is 3.12. The third-order valence-electron chi connectivity index (χ3n) is 4.49. The Kier molecular flexibility index (Phi) is 3.67. The molecule has 1 unspecified atom stereocenters. The van der Waals surface area contributed by atoms with Gasteiger partial charge in [-0.25, -0.2) is 0 Å². The third kappa shape index (κ3) is 2.60. The Bertz CT molecular complexity index is 396. The summed E-state index contributed by atoms with van der Waals surface area (Å²) >= 11 is 0. The summed E-state index contributed by atoms with van der Waals surface area (Å²) in [6, 6.07) is 8.97. The molecule has 1 fully saturated rings. The van der Waals surface area contributed by atoms with Gasteiger partial charge in [-0.1, -0.05) is 31.2 Å². The maximum Gasteiger partial charge on any atom is 0.0236 e. The molecule has 1 saturated heterocycles. The Morgan fingerprint density at radius 2 is 2.00 bits per heavy atom. The number of nitrogens with one attached hydrogen (secondary N) is 1. The highest BCUT2D eigenvalue weighted by atomic mass is 15.1. The largest absolute Gasteiger partial charge is 0.317 e. The van der Waals surface area contributed by atoms with Gasteiger partial charge in [0, 0.05) is 19.6 Å². The van der Waals surface area contributed by atoms with Crippen molar-refractivity contribution in [2.24, 2.45) is 5.92 Å². The lowest BCUT2D eigenvalue weighted by atomic mass is 9.89. The number of fused-ring (bicyclic) bond motifs is 1. The normalized spacial score (nSPS) is 25.9. The molecule has 0 amide bonds. The zero-order valence-corrected chi connectivity index (χ0v) is 11.4. The minimum Gasteiger partial charge on any atom is -0.317 e. The highest BCUT2D eigenvalue weighted by Gasteiger charge is 2.24. The summed E-state index contributed by atoms with van der Waals surface area (Å²) in [7, 11) is 0. The maximum atomic E-state index is 3.46. The van der Waals surface area contributed by atoms with E-state index in [1.807, 2.05) is 0 Å². The van der Waals surface area contributed by atoms with E-state index in [1.165, 1.54) is 39.0 Å². The molecule has 0 aromatic heterocycles. The molecule has 2 nitrogen and oxygen atoms in total. The van der Waals surface area contributed by atoms with Crippen LogP contribution in [0.3, 0.4) is 0 Å². The van der Waals surface area contributed by atoms with Gasteiger partial charge in [0.15, 0.2) is 0 Å². The van der Waals surface area contributed by atoms with Crippen LogP contribution in [0.4, 0.5) is 0 Å². The number of hydrogen-bond acceptors (Lipinski definition) is 2. The van der Waals surface area contributed by atoms with Crippen molar-refractivity contribution in [2.75, 3.05) is 26.2 Å². The van der Waals surface area contributed by atoms with Crippen molar-refractivity contribution < 1.29 is 0 Å². The smallest absolute Gasteiger partial charge is 0.0236 e. The second kappa shape index (κ2) is 5.41. The molecule has 2 aliphatic heterocycles. The first-order valence-electron chi connectivity index (χ1n) is 7.34. The molecule has 0 aliphatic carbocycles. The van der Waals surface area contributed by atoms with Gasteiger partial charge in [-0.05, 0) is 48.9 Å². The van der Waals surface area contributed by atoms with Crippen LogP contribution in [0.25, 0.3) is 0 Å². The second-order valence-electron chi connectivity index (χ2n) is 5.99. The van der Waals surface area contributed by atoms with E-state index in [0.717, 1.165) is 12.5 Å². The lowest BCUT2D eigenvalue weighted by Gasteiger charge is -2.36. The van der Waals surface area contributed by atoms with Gasteiger partial charge in [-0.3, -0.25) is 4.90 Å². The van der Waals surface area contributed by atoms with E-state index < -0.39 is 0 Å². The van der Waals surface area contributed by atoms with Crippen LogP contribution in [-0.4, -0.2) is 31.1 Å². The van der Waals surface area contributed by atoms with Gasteiger partial charge in [0.25, 0.3) is 0 Å².